The lowest BCUT2D eigenvalue weighted by Gasteiger charge is -2.51. The molecule has 3 unspecified atom stereocenters. The van der Waals surface area contributed by atoms with Crippen LogP contribution in [0, 0.1) is 0 Å². The second kappa shape index (κ2) is 23.8. The molecular formula is C33H61NO6. The van der Waals surface area contributed by atoms with Gasteiger partial charge in [-0.25, -0.2) is 9.59 Å². The monoisotopic (exact) mass is 567 g/mol. The van der Waals surface area contributed by atoms with E-state index in [1.54, 1.807) is 20.8 Å². The van der Waals surface area contributed by atoms with E-state index >= 15 is 0 Å². The molecule has 0 saturated carbocycles. The molecule has 0 fully saturated rings. The Bertz CT molecular complexity index is 652. The Kier molecular flexibility index (Phi) is 22.7. The van der Waals surface area contributed by atoms with Crippen LogP contribution in [-0.4, -0.2) is 57.3 Å². The molecular weight excluding hydrogens is 506 g/mol. The minimum atomic E-state index is -1.37. The molecule has 3 atom stereocenters. The number of carboxylic acids is 3. The minimum Gasteiger partial charge on any atom is -0.544 e. The molecule has 0 aliphatic carbocycles. The molecule has 7 heteroatoms. The van der Waals surface area contributed by atoms with Crippen LogP contribution in [0.4, 0.5) is 0 Å². The van der Waals surface area contributed by atoms with Crippen molar-refractivity contribution in [2.24, 2.45) is 0 Å². The van der Waals surface area contributed by atoms with Crippen LogP contribution in [0.15, 0.2) is 12.2 Å². The predicted octanol–water partition coefficient (Wildman–Crippen LogP) is 7.27. The summed E-state index contributed by atoms with van der Waals surface area (Å²) < 4.78 is -0.468. The first-order valence-corrected chi connectivity index (χ1v) is 16.4. The quantitative estimate of drug-likeness (QED) is 0.0584. The number of allylic oxidation sites excluding steroid dienone is 2. The van der Waals surface area contributed by atoms with Gasteiger partial charge in [0.1, 0.15) is 6.04 Å². The largest absolute Gasteiger partial charge is 0.544 e. The third-order valence-corrected chi connectivity index (χ3v) is 8.55. The van der Waals surface area contributed by atoms with Gasteiger partial charge in [-0.2, -0.15) is 0 Å². The Labute approximate surface area is 245 Å². The zero-order valence-electron chi connectivity index (χ0n) is 26.2. The molecule has 0 aliphatic heterocycles. The van der Waals surface area contributed by atoms with E-state index in [1.165, 1.54) is 77.0 Å². The van der Waals surface area contributed by atoms with Gasteiger partial charge < -0.3 is 20.1 Å². The van der Waals surface area contributed by atoms with Crippen LogP contribution in [0.3, 0.4) is 0 Å². The molecule has 40 heavy (non-hydrogen) atoms. The number of carbonyl (C=O) groups is 3. The first-order chi connectivity index (χ1) is 19.2. The van der Waals surface area contributed by atoms with Gasteiger partial charge >= 0.3 is 11.9 Å². The van der Waals surface area contributed by atoms with Crippen molar-refractivity contribution in [2.75, 3.05) is 6.54 Å². The summed E-state index contributed by atoms with van der Waals surface area (Å²) in [5, 5.41) is 32.1. The maximum absolute atomic E-state index is 12.2. The normalized spacial score (nSPS) is 15.5. The van der Waals surface area contributed by atoms with Crippen LogP contribution in [0.2, 0.25) is 0 Å². The topological polar surface area (TPSA) is 115 Å². The lowest BCUT2D eigenvalue weighted by atomic mass is 9.93. The fourth-order valence-electron chi connectivity index (χ4n) is 6.43. The highest BCUT2D eigenvalue weighted by Gasteiger charge is 2.53. The van der Waals surface area contributed by atoms with Gasteiger partial charge in [0.15, 0.2) is 12.1 Å². The van der Waals surface area contributed by atoms with Gasteiger partial charge in [-0.1, -0.05) is 110 Å². The molecule has 0 heterocycles. The SMILES string of the molecule is CCCCCCC/C=C/CCCCCCCCCCCC[N+](C(CC)C(=O)[O-])(C(CC)C(=O)O)C(CC)C(=O)O. The number of hydrogen-bond donors (Lipinski definition) is 2. The molecule has 0 aromatic carbocycles. The maximum Gasteiger partial charge on any atom is 0.362 e. The van der Waals surface area contributed by atoms with E-state index < -0.39 is 40.5 Å². The number of aliphatic carboxylic acids is 3. The number of quaternary nitrogens is 1. The molecule has 0 aromatic heterocycles. The lowest BCUT2D eigenvalue weighted by molar-refractivity contribution is -0.974. The Morgan fingerprint density at radius 1 is 0.575 bits per heavy atom. The summed E-state index contributed by atoms with van der Waals surface area (Å²) in [6.45, 7) is 7.52. The number of unbranched alkanes of at least 4 members (excludes halogenated alkanes) is 15. The van der Waals surface area contributed by atoms with Gasteiger partial charge in [-0.05, 0) is 38.5 Å². The van der Waals surface area contributed by atoms with Gasteiger partial charge in [0.25, 0.3) is 0 Å². The van der Waals surface area contributed by atoms with Crippen molar-refractivity contribution < 1.29 is 34.2 Å². The lowest BCUT2D eigenvalue weighted by Crippen LogP contribution is -2.73. The number of carboxylic acid groups (broad SMARTS) is 3. The van der Waals surface area contributed by atoms with Crippen molar-refractivity contribution in [3.05, 3.63) is 12.2 Å². The van der Waals surface area contributed by atoms with Crippen LogP contribution in [0.1, 0.15) is 156 Å². The highest BCUT2D eigenvalue weighted by Crippen LogP contribution is 2.32. The van der Waals surface area contributed by atoms with Crippen molar-refractivity contribution in [3.8, 4) is 0 Å². The first kappa shape index (κ1) is 38.1. The molecule has 0 aromatic rings. The fourth-order valence-corrected chi connectivity index (χ4v) is 6.43. The predicted molar refractivity (Wildman–Crippen MR) is 161 cm³/mol. The summed E-state index contributed by atoms with van der Waals surface area (Å²) >= 11 is 0. The maximum atomic E-state index is 12.2. The van der Waals surface area contributed by atoms with Crippen LogP contribution in [0.25, 0.3) is 0 Å². The van der Waals surface area contributed by atoms with Crippen molar-refractivity contribution >= 4 is 17.9 Å². The highest BCUT2D eigenvalue weighted by molar-refractivity contribution is 5.77. The standard InChI is InChI=1S/C33H61NO6/c1-5-9-10-11-12-13-14-15-16-17-18-19-20-21-22-23-24-25-26-27-34(28(6-2)31(35)36,29(7-3)32(37)38)30(8-4)33(39)40/h14-15,28-30H,5-13,16-27H2,1-4H3,(H2-,35,36,37,38,39,40)/b15-14+. The molecule has 7 nitrogen and oxygen atoms in total. The molecule has 0 saturated heterocycles. The minimum absolute atomic E-state index is 0.130. The van der Waals surface area contributed by atoms with Gasteiger partial charge in [-0.15, -0.1) is 0 Å². The van der Waals surface area contributed by atoms with Crippen LogP contribution in [-0.2, 0) is 14.4 Å². The summed E-state index contributed by atoms with van der Waals surface area (Å²) in [4.78, 5) is 36.6. The highest BCUT2D eigenvalue weighted by atomic mass is 16.4. The Morgan fingerprint density at radius 2 is 0.925 bits per heavy atom. The van der Waals surface area contributed by atoms with Crippen molar-refractivity contribution in [2.45, 2.75) is 174 Å². The molecule has 234 valence electrons. The molecule has 0 amide bonds. The second-order valence-corrected chi connectivity index (χ2v) is 11.5. The fraction of sp³-hybridized carbons (Fsp3) is 0.848. The Hall–Kier alpha value is -1.89. The van der Waals surface area contributed by atoms with Crippen molar-refractivity contribution in [3.63, 3.8) is 0 Å². The van der Waals surface area contributed by atoms with Crippen molar-refractivity contribution in [1.82, 2.24) is 0 Å². The van der Waals surface area contributed by atoms with Crippen LogP contribution >= 0.6 is 0 Å². The number of carbonyl (C=O) groups excluding carboxylic acids is 1. The van der Waals surface area contributed by atoms with E-state index in [-0.39, 0.29) is 25.8 Å². The third kappa shape index (κ3) is 14.1. The molecule has 0 radical (unpaired) electrons. The molecule has 2 N–H and O–H groups in total. The average Bonchev–Trinajstić information content (AvgIpc) is 2.90. The van der Waals surface area contributed by atoms with E-state index in [4.69, 9.17) is 0 Å². The van der Waals surface area contributed by atoms with Crippen molar-refractivity contribution in [1.29, 1.82) is 0 Å². The van der Waals surface area contributed by atoms with Gasteiger partial charge in [0, 0.05) is 19.3 Å². The summed E-state index contributed by atoms with van der Waals surface area (Å²) in [5.74, 6) is -3.65. The van der Waals surface area contributed by atoms with Crippen LogP contribution in [0.5, 0.6) is 0 Å². The zero-order valence-corrected chi connectivity index (χ0v) is 26.2. The van der Waals surface area contributed by atoms with E-state index in [9.17, 15) is 29.7 Å². The van der Waals surface area contributed by atoms with E-state index in [1.807, 2.05) is 0 Å². The molecule has 0 bridgehead atoms. The van der Waals surface area contributed by atoms with Gasteiger partial charge in [0.05, 0.1) is 12.5 Å². The summed E-state index contributed by atoms with van der Waals surface area (Å²) in [6, 6.07) is -3.38. The summed E-state index contributed by atoms with van der Waals surface area (Å²) in [6.07, 6.45) is 25.2. The molecule has 0 rings (SSSR count). The summed E-state index contributed by atoms with van der Waals surface area (Å²) in [7, 11) is 0. The molecule has 0 aliphatic rings. The zero-order chi connectivity index (χ0) is 30.2. The van der Waals surface area contributed by atoms with E-state index in [0.29, 0.717) is 6.42 Å². The molecule has 0 spiro atoms. The third-order valence-electron chi connectivity index (χ3n) is 8.55. The second-order valence-electron chi connectivity index (χ2n) is 11.5. The number of rotatable bonds is 28. The number of nitrogens with zero attached hydrogens (tertiary/aromatic N) is 1. The average molecular weight is 568 g/mol. The Morgan fingerprint density at radius 3 is 1.25 bits per heavy atom. The van der Waals surface area contributed by atoms with Crippen LogP contribution < -0.4 is 5.11 Å². The van der Waals surface area contributed by atoms with E-state index in [2.05, 4.69) is 19.1 Å². The van der Waals surface area contributed by atoms with Gasteiger partial charge in [0.2, 0.25) is 0 Å². The smallest absolute Gasteiger partial charge is 0.362 e. The first-order valence-electron chi connectivity index (χ1n) is 16.4. The van der Waals surface area contributed by atoms with E-state index in [0.717, 1.165) is 25.7 Å². The number of hydrogen-bond acceptors (Lipinski definition) is 4. The van der Waals surface area contributed by atoms with Gasteiger partial charge in [-0.3, -0.25) is 4.48 Å². The Balaban J connectivity index is 4.51. The summed E-state index contributed by atoms with van der Waals surface area (Å²) in [5.41, 5.74) is 0.